The number of halogens is 1. The molecule has 0 aliphatic carbocycles. The fraction of sp³-hybridized carbons (Fsp3) is 0.111. The van der Waals surface area contributed by atoms with Crippen LogP contribution in [0, 0.1) is 5.92 Å². The molecule has 23 heavy (non-hydrogen) atoms. The molecule has 2 N–H and O–H groups in total. The highest BCUT2D eigenvalue weighted by molar-refractivity contribution is 9.10. The van der Waals surface area contributed by atoms with E-state index in [1.807, 2.05) is 42.5 Å². The van der Waals surface area contributed by atoms with Gasteiger partial charge < -0.3 is 10.6 Å². The number of rotatable bonds is 3. The highest BCUT2D eigenvalue weighted by Gasteiger charge is 2.37. The number of Topliss-reactive ketones (excluding diaryl/α,β-unsaturated/α-hetero) is 1. The summed E-state index contributed by atoms with van der Waals surface area (Å²) in [4.78, 5) is 24.8. The van der Waals surface area contributed by atoms with Crippen molar-refractivity contribution in [3.8, 4) is 0 Å². The van der Waals surface area contributed by atoms with E-state index in [1.54, 1.807) is 12.1 Å². The van der Waals surface area contributed by atoms with Gasteiger partial charge in [0.1, 0.15) is 0 Å². The molecular weight excluding hydrogens is 356 g/mol. The smallest absolute Gasteiger partial charge is 0.319 e. The first-order valence-electron chi connectivity index (χ1n) is 7.17. The van der Waals surface area contributed by atoms with Crippen molar-refractivity contribution in [1.82, 2.24) is 10.6 Å². The number of urea groups is 1. The third-order valence-corrected chi connectivity index (χ3v) is 4.31. The quantitative estimate of drug-likeness (QED) is 0.806. The van der Waals surface area contributed by atoms with E-state index >= 15 is 0 Å². The lowest BCUT2D eigenvalue weighted by Crippen LogP contribution is -2.50. The molecule has 0 unspecified atom stereocenters. The van der Waals surface area contributed by atoms with Crippen LogP contribution in [0.4, 0.5) is 4.79 Å². The van der Waals surface area contributed by atoms with E-state index in [4.69, 9.17) is 0 Å². The van der Waals surface area contributed by atoms with Crippen molar-refractivity contribution in [2.24, 2.45) is 5.92 Å². The second-order valence-corrected chi connectivity index (χ2v) is 6.28. The molecule has 0 saturated carbocycles. The van der Waals surface area contributed by atoms with Gasteiger partial charge in [0.2, 0.25) is 0 Å². The molecule has 0 spiro atoms. The van der Waals surface area contributed by atoms with Crippen LogP contribution >= 0.6 is 15.9 Å². The highest BCUT2D eigenvalue weighted by atomic mass is 79.9. The number of ketones is 1. The highest BCUT2D eigenvalue weighted by Crippen LogP contribution is 2.33. The Morgan fingerprint density at radius 2 is 1.83 bits per heavy atom. The summed E-state index contributed by atoms with van der Waals surface area (Å²) >= 11 is 3.43. The van der Waals surface area contributed by atoms with E-state index in [2.05, 4.69) is 33.1 Å². The van der Waals surface area contributed by atoms with Gasteiger partial charge in [-0.25, -0.2) is 4.79 Å². The lowest BCUT2D eigenvalue weighted by Gasteiger charge is -2.34. The van der Waals surface area contributed by atoms with Crippen LogP contribution in [0.3, 0.4) is 0 Å². The van der Waals surface area contributed by atoms with Gasteiger partial charge in [0.15, 0.2) is 5.78 Å². The normalized spacial score (nSPS) is 20.6. The fourth-order valence-corrected chi connectivity index (χ4v) is 3.17. The van der Waals surface area contributed by atoms with Crippen LogP contribution in [-0.4, -0.2) is 11.8 Å². The van der Waals surface area contributed by atoms with Crippen LogP contribution in [0.2, 0.25) is 0 Å². The molecule has 1 saturated heterocycles. The Kier molecular flexibility index (Phi) is 4.30. The van der Waals surface area contributed by atoms with Crippen LogP contribution < -0.4 is 10.6 Å². The summed E-state index contributed by atoms with van der Waals surface area (Å²) in [6.45, 7) is 3.89. The number of carbonyl (C=O) groups excluding carboxylic acids is 2. The average Bonchev–Trinajstić information content (AvgIpc) is 2.54. The molecule has 1 heterocycles. The van der Waals surface area contributed by atoms with Crippen LogP contribution in [0.15, 0.2) is 71.3 Å². The van der Waals surface area contributed by atoms with Crippen LogP contribution in [0.5, 0.6) is 0 Å². The van der Waals surface area contributed by atoms with Gasteiger partial charge in [-0.2, -0.15) is 0 Å². The zero-order chi connectivity index (χ0) is 16.4. The molecule has 5 heteroatoms. The first kappa shape index (κ1) is 15.5. The molecule has 0 bridgehead atoms. The second kappa shape index (κ2) is 6.38. The molecule has 2 amide bonds. The van der Waals surface area contributed by atoms with Crippen LogP contribution in [0.25, 0.3) is 0 Å². The first-order chi connectivity index (χ1) is 11.1. The standard InChI is InChI=1S/C18H15BrN2O2/c1-11-15(17(22)12-6-3-2-4-7-12)16(21-18(23)20-11)13-8-5-9-14(19)10-13/h2-10,15-16H,1H2,(H2,20,21,23)/t15-,16+/m1/s1. The monoisotopic (exact) mass is 370 g/mol. The molecule has 2 aromatic rings. The third kappa shape index (κ3) is 3.19. The van der Waals surface area contributed by atoms with Gasteiger partial charge in [0.25, 0.3) is 0 Å². The summed E-state index contributed by atoms with van der Waals surface area (Å²) < 4.78 is 0.888. The molecule has 1 fully saturated rings. The van der Waals surface area contributed by atoms with Crippen molar-refractivity contribution in [2.45, 2.75) is 6.04 Å². The fourth-order valence-electron chi connectivity index (χ4n) is 2.75. The van der Waals surface area contributed by atoms with Crippen molar-refractivity contribution < 1.29 is 9.59 Å². The minimum Gasteiger partial charge on any atom is -0.330 e. The maximum absolute atomic E-state index is 12.9. The molecule has 1 aliphatic heterocycles. The number of hydrogen-bond donors (Lipinski definition) is 2. The molecular formula is C18H15BrN2O2. The maximum Gasteiger partial charge on any atom is 0.319 e. The van der Waals surface area contributed by atoms with Gasteiger partial charge in [-0.1, -0.05) is 65.0 Å². The average molecular weight is 371 g/mol. The summed E-state index contributed by atoms with van der Waals surface area (Å²) in [7, 11) is 0. The lowest BCUT2D eigenvalue weighted by molar-refractivity contribution is 0.0905. The minimum atomic E-state index is -0.565. The van der Waals surface area contributed by atoms with Crippen LogP contribution in [0.1, 0.15) is 22.0 Å². The number of benzene rings is 2. The van der Waals surface area contributed by atoms with Gasteiger partial charge in [-0.15, -0.1) is 0 Å². The van der Waals surface area contributed by atoms with Gasteiger partial charge in [0, 0.05) is 15.7 Å². The van der Waals surface area contributed by atoms with Crippen molar-refractivity contribution in [1.29, 1.82) is 0 Å². The van der Waals surface area contributed by atoms with Gasteiger partial charge >= 0.3 is 6.03 Å². The summed E-state index contributed by atoms with van der Waals surface area (Å²) in [5.41, 5.74) is 1.86. The van der Waals surface area contributed by atoms with E-state index in [0.717, 1.165) is 10.0 Å². The molecule has 116 valence electrons. The first-order valence-corrected chi connectivity index (χ1v) is 7.96. The van der Waals surface area contributed by atoms with Crippen LogP contribution in [-0.2, 0) is 0 Å². The van der Waals surface area contributed by atoms with E-state index < -0.39 is 12.0 Å². The Hall–Kier alpha value is -2.40. The predicted octanol–water partition coefficient (Wildman–Crippen LogP) is 3.82. The van der Waals surface area contributed by atoms with Crippen molar-refractivity contribution in [2.75, 3.05) is 0 Å². The van der Waals surface area contributed by atoms with E-state index in [0.29, 0.717) is 11.3 Å². The number of carbonyl (C=O) groups is 2. The summed E-state index contributed by atoms with van der Waals surface area (Å²) in [6, 6.07) is 15.8. The molecule has 1 aliphatic rings. The molecule has 3 rings (SSSR count). The second-order valence-electron chi connectivity index (χ2n) is 5.36. The summed E-state index contributed by atoms with van der Waals surface area (Å²) in [6.07, 6.45) is 0. The largest absolute Gasteiger partial charge is 0.330 e. The molecule has 4 nitrogen and oxygen atoms in total. The zero-order valence-electron chi connectivity index (χ0n) is 12.3. The van der Waals surface area contributed by atoms with Gasteiger partial charge in [-0.05, 0) is 17.7 Å². The predicted molar refractivity (Wildman–Crippen MR) is 92.0 cm³/mol. The SMILES string of the molecule is C=C1NC(=O)N[C@@H](c2cccc(Br)c2)[C@@H]1C(=O)c1ccccc1. The molecule has 0 radical (unpaired) electrons. The Morgan fingerprint density at radius 1 is 1.09 bits per heavy atom. The Bertz CT molecular complexity index is 774. The van der Waals surface area contributed by atoms with E-state index in [1.165, 1.54) is 0 Å². The maximum atomic E-state index is 12.9. The van der Waals surface area contributed by atoms with Gasteiger partial charge in [-0.3, -0.25) is 4.79 Å². The summed E-state index contributed by atoms with van der Waals surface area (Å²) in [5, 5.41) is 5.46. The Labute approximate surface area is 142 Å². The third-order valence-electron chi connectivity index (χ3n) is 3.82. The molecule has 2 atom stereocenters. The van der Waals surface area contributed by atoms with E-state index in [-0.39, 0.29) is 11.8 Å². The molecule has 0 aromatic heterocycles. The molecule has 2 aromatic carbocycles. The Balaban J connectivity index is 2.01. The topological polar surface area (TPSA) is 58.2 Å². The van der Waals surface area contributed by atoms with Crippen molar-refractivity contribution in [3.05, 3.63) is 82.5 Å². The lowest BCUT2D eigenvalue weighted by atomic mass is 9.83. The van der Waals surface area contributed by atoms with Crippen molar-refractivity contribution >= 4 is 27.7 Å². The number of nitrogens with one attached hydrogen (secondary N) is 2. The van der Waals surface area contributed by atoms with Gasteiger partial charge in [0.05, 0.1) is 12.0 Å². The zero-order valence-corrected chi connectivity index (χ0v) is 13.8. The number of amides is 2. The Morgan fingerprint density at radius 3 is 2.52 bits per heavy atom. The minimum absolute atomic E-state index is 0.0759. The van der Waals surface area contributed by atoms with Crippen molar-refractivity contribution in [3.63, 3.8) is 0 Å². The van der Waals surface area contributed by atoms with E-state index in [9.17, 15) is 9.59 Å². The number of hydrogen-bond acceptors (Lipinski definition) is 2. The summed E-state index contributed by atoms with van der Waals surface area (Å²) in [5.74, 6) is -0.641.